The molecule has 4 heteroatoms. The lowest BCUT2D eigenvalue weighted by Crippen LogP contribution is -2.31. The Kier molecular flexibility index (Phi) is 2.50. The topological polar surface area (TPSA) is 17.8 Å². The van der Waals surface area contributed by atoms with Crippen molar-refractivity contribution in [3.05, 3.63) is 42.4 Å². The summed E-state index contributed by atoms with van der Waals surface area (Å²) in [5, 5.41) is 0. The van der Waals surface area contributed by atoms with Gasteiger partial charge < -0.3 is 4.57 Å². The van der Waals surface area contributed by atoms with Crippen LogP contribution >= 0.6 is 0 Å². The van der Waals surface area contributed by atoms with E-state index in [9.17, 15) is 8.78 Å². The summed E-state index contributed by atoms with van der Waals surface area (Å²) in [5.74, 6) is -2.52. The zero-order chi connectivity index (χ0) is 13.7. The number of imidazole rings is 1. The molecule has 2 nitrogen and oxygen atoms in total. The summed E-state index contributed by atoms with van der Waals surface area (Å²) in [4.78, 5) is 4.20. The average molecular weight is 274 g/mol. The highest BCUT2D eigenvalue weighted by Crippen LogP contribution is 2.49. The lowest BCUT2D eigenvalue weighted by atomic mass is 9.79. The standard InChI is InChI=1S/C16H16F2N2/c17-16(18)7-3-4-11(8-16)15-13-6-2-1-5-12(13)14-9-19-10-20(14)15/h1-2,5-6,9-11,15H,3-4,7-8H2/t11-,15-/m1/s1. The highest BCUT2D eigenvalue weighted by atomic mass is 19.3. The van der Waals surface area contributed by atoms with Crippen LogP contribution in [-0.4, -0.2) is 15.5 Å². The number of halogens is 2. The van der Waals surface area contributed by atoms with Crippen LogP contribution in [0.25, 0.3) is 11.3 Å². The molecular weight excluding hydrogens is 258 g/mol. The molecule has 2 atom stereocenters. The number of nitrogens with zero attached hydrogens (tertiary/aromatic N) is 2. The average Bonchev–Trinajstić information content (AvgIpc) is 2.97. The Bertz CT molecular complexity index is 647. The number of aromatic nitrogens is 2. The van der Waals surface area contributed by atoms with E-state index in [0.29, 0.717) is 6.42 Å². The summed E-state index contributed by atoms with van der Waals surface area (Å²) in [7, 11) is 0. The molecule has 20 heavy (non-hydrogen) atoms. The SMILES string of the molecule is FC1(F)CCC[C@@H]([C@@H]2c3ccccc3-c3cncn32)C1. The summed E-state index contributed by atoms with van der Waals surface area (Å²) in [6, 6.07) is 8.14. The third kappa shape index (κ3) is 1.70. The van der Waals surface area contributed by atoms with Gasteiger partial charge in [0.25, 0.3) is 0 Å². The molecule has 0 radical (unpaired) electrons. The number of alkyl halides is 2. The second kappa shape index (κ2) is 4.14. The summed E-state index contributed by atoms with van der Waals surface area (Å²) >= 11 is 0. The third-order valence-electron chi connectivity index (χ3n) is 4.65. The number of hydrogen-bond acceptors (Lipinski definition) is 1. The smallest absolute Gasteiger partial charge is 0.248 e. The van der Waals surface area contributed by atoms with Gasteiger partial charge in [0.2, 0.25) is 5.92 Å². The third-order valence-corrected chi connectivity index (χ3v) is 4.65. The fraction of sp³-hybridized carbons (Fsp3) is 0.438. The molecule has 2 aliphatic rings. The Balaban J connectivity index is 1.79. The van der Waals surface area contributed by atoms with Crippen LogP contribution in [0.2, 0.25) is 0 Å². The van der Waals surface area contributed by atoms with E-state index in [4.69, 9.17) is 0 Å². The van der Waals surface area contributed by atoms with E-state index in [1.165, 1.54) is 5.56 Å². The molecule has 1 aliphatic carbocycles. The summed E-state index contributed by atoms with van der Waals surface area (Å²) in [6.07, 6.45) is 5.12. The van der Waals surface area contributed by atoms with E-state index >= 15 is 0 Å². The molecule has 1 aliphatic heterocycles. The Hall–Kier alpha value is -1.71. The molecule has 0 bridgehead atoms. The van der Waals surface area contributed by atoms with Gasteiger partial charge in [-0.2, -0.15) is 0 Å². The fourth-order valence-corrected chi connectivity index (χ4v) is 3.83. The predicted molar refractivity (Wildman–Crippen MR) is 72.7 cm³/mol. The zero-order valence-corrected chi connectivity index (χ0v) is 11.1. The maximum absolute atomic E-state index is 13.8. The van der Waals surface area contributed by atoms with Gasteiger partial charge in [-0.25, -0.2) is 13.8 Å². The van der Waals surface area contributed by atoms with Crippen LogP contribution in [0.1, 0.15) is 37.3 Å². The lowest BCUT2D eigenvalue weighted by molar-refractivity contribution is -0.0577. The summed E-state index contributed by atoms with van der Waals surface area (Å²) in [5.41, 5.74) is 3.37. The van der Waals surface area contributed by atoms with E-state index in [1.54, 1.807) is 6.33 Å². The fourth-order valence-electron chi connectivity index (χ4n) is 3.83. The second-order valence-electron chi connectivity index (χ2n) is 5.93. The van der Waals surface area contributed by atoms with Crippen molar-refractivity contribution in [2.75, 3.05) is 0 Å². The second-order valence-corrected chi connectivity index (χ2v) is 5.93. The van der Waals surface area contributed by atoms with Crippen LogP contribution in [0.5, 0.6) is 0 Å². The van der Waals surface area contributed by atoms with Gasteiger partial charge in [0, 0.05) is 18.4 Å². The molecule has 2 heterocycles. The summed E-state index contributed by atoms with van der Waals surface area (Å²) in [6.45, 7) is 0. The Morgan fingerprint density at radius 1 is 1.25 bits per heavy atom. The molecule has 0 amide bonds. The Labute approximate surface area is 116 Å². The molecule has 0 spiro atoms. The monoisotopic (exact) mass is 274 g/mol. The minimum absolute atomic E-state index is 0.00431. The largest absolute Gasteiger partial charge is 0.323 e. The maximum atomic E-state index is 13.8. The molecular formula is C16H16F2N2. The van der Waals surface area contributed by atoms with Crippen molar-refractivity contribution in [1.82, 2.24) is 9.55 Å². The van der Waals surface area contributed by atoms with E-state index < -0.39 is 5.92 Å². The minimum Gasteiger partial charge on any atom is -0.323 e. The number of hydrogen-bond donors (Lipinski definition) is 0. The van der Waals surface area contributed by atoms with Crippen LogP contribution < -0.4 is 0 Å². The van der Waals surface area contributed by atoms with Crippen molar-refractivity contribution in [3.63, 3.8) is 0 Å². The molecule has 1 fully saturated rings. The molecule has 1 aromatic heterocycles. The van der Waals surface area contributed by atoms with Crippen LogP contribution in [0.15, 0.2) is 36.8 Å². The van der Waals surface area contributed by atoms with Crippen molar-refractivity contribution < 1.29 is 8.78 Å². The van der Waals surface area contributed by atoms with Crippen molar-refractivity contribution in [2.45, 2.75) is 37.6 Å². The molecule has 0 N–H and O–H groups in total. The van der Waals surface area contributed by atoms with Gasteiger partial charge in [-0.3, -0.25) is 0 Å². The van der Waals surface area contributed by atoms with Crippen LogP contribution in [0, 0.1) is 5.92 Å². The van der Waals surface area contributed by atoms with Crippen LogP contribution in [0.4, 0.5) is 8.78 Å². The van der Waals surface area contributed by atoms with Gasteiger partial charge in [-0.15, -0.1) is 0 Å². The number of fused-ring (bicyclic) bond motifs is 3. The highest BCUT2D eigenvalue weighted by Gasteiger charge is 2.43. The molecule has 104 valence electrons. The van der Waals surface area contributed by atoms with Crippen molar-refractivity contribution in [3.8, 4) is 11.3 Å². The van der Waals surface area contributed by atoms with Crippen LogP contribution in [0.3, 0.4) is 0 Å². The first-order valence-electron chi connectivity index (χ1n) is 7.15. The molecule has 0 saturated heterocycles. The maximum Gasteiger partial charge on any atom is 0.248 e. The lowest BCUT2D eigenvalue weighted by Gasteiger charge is -2.33. The van der Waals surface area contributed by atoms with Gasteiger partial charge in [0.15, 0.2) is 0 Å². The van der Waals surface area contributed by atoms with Crippen molar-refractivity contribution in [1.29, 1.82) is 0 Å². The zero-order valence-electron chi connectivity index (χ0n) is 11.1. The van der Waals surface area contributed by atoms with Gasteiger partial charge in [-0.05, 0) is 24.3 Å². The van der Waals surface area contributed by atoms with E-state index in [2.05, 4.69) is 21.7 Å². The van der Waals surface area contributed by atoms with Gasteiger partial charge in [0.05, 0.1) is 24.3 Å². The molecule has 2 aromatic rings. The number of benzene rings is 1. The minimum atomic E-state index is -2.51. The molecule has 1 saturated carbocycles. The molecule has 4 rings (SSSR count). The van der Waals surface area contributed by atoms with Gasteiger partial charge >= 0.3 is 0 Å². The molecule has 0 unspecified atom stereocenters. The van der Waals surface area contributed by atoms with Crippen molar-refractivity contribution >= 4 is 0 Å². The first-order valence-corrected chi connectivity index (χ1v) is 7.15. The normalized spacial score (nSPS) is 27.1. The predicted octanol–water partition coefficient (Wildman–Crippen LogP) is 4.28. The summed E-state index contributed by atoms with van der Waals surface area (Å²) < 4.78 is 29.6. The number of rotatable bonds is 1. The quantitative estimate of drug-likeness (QED) is 0.759. The highest BCUT2D eigenvalue weighted by molar-refractivity contribution is 5.69. The van der Waals surface area contributed by atoms with Crippen molar-refractivity contribution in [2.24, 2.45) is 5.92 Å². The van der Waals surface area contributed by atoms with E-state index in [1.807, 2.05) is 18.3 Å². The molecule has 1 aromatic carbocycles. The van der Waals surface area contributed by atoms with E-state index in [-0.39, 0.29) is 24.8 Å². The van der Waals surface area contributed by atoms with Gasteiger partial charge in [-0.1, -0.05) is 24.3 Å². The Morgan fingerprint density at radius 3 is 2.95 bits per heavy atom. The first-order chi connectivity index (χ1) is 9.66. The van der Waals surface area contributed by atoms with E-state index in [0.717, 1.165) is 17.7 Å². The Morgan fingerprint density at radius 2 is 2.10 bits per heavy atom. The first kappa shape index (κ1) is 12.1. The van der Waals surface area contributed by atoms with Gasteiger partial charge in [0.1, 0.15) is 0 Å². The van der Waals surface area contributed by atoms with Crippen LogP contribution in [-0.2, 0) is 0 Å².